The third-order valence-corrected chi connectivity index (χ3v) is 4.15. The van der Waals surface area contributed by atoms with E-state index in [1.807, 2.05) is 32.0 Å². The van der Waals surface area contributed by atoms with Crippen LogP contribution in [0.3, 0.4) is 0 Å². The molecule has 26 heavy (non-hydrogen) atoms. The summed E-state index contributed by atoms with van der Waals surface area (Å²) in [7, 11) is 0. The van der Waals surface area contributed by atoms with Gasteiger partial charge in [0.05, 0.1) is 6.04 Å². The Balaban J connectivity index is 1.88. The summed E-state index contributed by atoms with van der Waals surface area (Å²) in [5.74, 6) is 1.64. The van der Waals surface area contributed by atoms with Gasteiger partial charge in [0.25, 0.3) is 0 Å². The molecule has 0 saturated heterocycles. The average Bonchev–Trinajstić information content (AvgIpc) is 3.03. The quantitative estimate of drug-likeness (QED) is 0.736. The van der Waals surface area contributed by atoms with Gasteiger partial charge in [0.15, 0.2) is 5.82 Å². The summed E-state index contributed by atoms with van der Waals surface area (Å²) in [5, 5.41) is 7.15. The smallest absolute Gasteiger partial charge is 0.226 e. The van der Waals surface area contributed by atoms with Crippen molar-refractivity contribution in [2.75, 3.05) is 0 Å². The monoisotopic (exact) mass is 357 g/mol. The molecule has 1 aromatic carbocycles. The Bertz CT molecular complexity index is 687. The molecule has 0 spiro atoms. The first-order valence-electron chi connectivity index (χ1n) is 9.41. The predicted octanol–water partition coefficient (Wildman–Crippen LogP) is 4.81. The van der Waals surface area contributed by atoms with Crippen molar-refractivity contribution in [1.29, 1.82) is 0 Å². The number of rotatable bonds is 8. The molecule has 0 fully saturated rings. The normalized spacial score (nSPS) is 13.0. The second-order valence-corrected chi connectivity index (χ2v) is 8.35. The van der Waals surface area contributed by atoms with Crippen LogP contribution in [0, 0.1) is 5.41 Å². The van der Waals surface area contributed by atoms with Crippen molar-refractivity contribution >= 4 is 5.91 Å². The Labute approximate surface area is 156 Å². The number of benzene rings is 1. The lowest BCUT2D eigenvalue weighted by Crippen LogP contribution is -2.31. The van der Waals surface area contributed by atoms with Crippen molar-refractivity contribution in [3.63, 3.8) is 0 Å². The molecule has 1 amide bonds. The molecule has 0 aliphatic carbocycles. The number of hydrogen-bond donors (Lipinski definition) is 1. The first-order chi connectivity index (χ1) is 12.2. The van der Waals surface area contributed by atoms with Gasteiger partial charge in [-0.25, -0.2) is 0 Å². The maximum Gasteiger partial charge on any atom is 0.226 e. The predicted molar refractivity (Wildman–Crippen MR) is 103 cm³/mol. The zero-order valence-electron chi connectivity index (χ0n) is 16.6. The van der Waals surface area contributed by atoms with Crippen LogP contribution in [0.2, 0.25) is 0 Å². The number of nitrogens with zero attached hydrogens (tertiary/aromatic N) is 2. The van der Waals surface area contributed by atoms with E-state index in [0.29, 0.717) is 25.2 Å². The van der Waals surface area contributed by atoms with E-state index >= 15 is 0 Å². The lowest BCUT2D eigenvalue weighted by molar-refractivity contribution is -0.122. The largest absolute Gasteiger partial charge is 0.349 e. The number of hydrogen-bond acceptors (Lipinski definition) is 4. The van der Waals surface area contributed by atoms with Gasteiger partial charge in [-0.15, -0.1) is 0 Å². The van der Waals surface area contributed by atoms with E-state index in [2.05, 4.69) is 48.4 Å². The molecule has 1 N–H and O–H groups in total. The lowest BCUT2D eigenvalue weighted by atomic mass is 9.85. The van der Waals surface area contributed by atoms with Gasteiger partial charge in [-0.3, -0.25) is 4.79 Å². The number of carbonyl (C=O) groups excluding carboxylic acids is 1. The number of nitrogens with one attached hydrogen (secondary N) is 1. The van der Waals surface area contributed by atoms with Crippen LogP contribution in [0.25, 0.3) is 0 Å². The Morgan fingerprint density at radius 2 is 1.88 bits per heavy atom. The zero-order chi connectivity index (χ0) is 19.2. The molecule has 5 nitrogen and oxygen atoms in total. The van der Waals surface area contributed by atoms with E-state index in [-0.39, 0.29) is 23.3 Å². The van der Waals surface area contributed by atoms with Crippen LogP contribution < -0.4 is 5.32 Å². The molecule has 0 aliphatic rings. The van der Waals surface area contributed by atoms with Gasteiger partial charge in [0.2, 0.25) is 11.8 Å². The van der Waals surface area contributed by atoms with Gasteiger partial charge < -0.3 is 9.84 Å². The summed E-state index contributed by atoms with van der Waals surface area (Å²) in [5.41, 5.74) is 1.28. The summed E-state index contributed by atoms with van der Waals surface area (Å²) in [4.78, 5) is 16.8. The van der Waals surface area contributed by atoms with Gasteiger partial charge >= 0.3 is 0 Å². The SMILES string of the molecule is CC(C)c1noc(CCCC(=O)N[C@@H](CC(C)(C)C)c2ccccc2)n1. The minimum atomic E-state index is 0.0275. The third-order valence-electron chi connectivity index (χ3n) is 4.15. The van der Waals surface area contributed by atoms with Crippen molar-refractivity contribution in [2.45, 2.75) is 72.3 Å². The van der Waals surface area contributed by atoms with E-state index in [0.717, 1.165) is 17.8 Å². The third kappa shape index (κ3) is 6.62. The number of aryl methyl sites for hydroxylation is 1. The maximum atomic E-state index is 12.4. The molecule has 142 valence electrons. The molecule has 0 saturated carbocycles. The molecule has 0 aliphatic heterocycles. The molecule has 1 aromatic heterocycles. The second-order valence-electron chi connectivity index (χ2n) is 8.35. The van der Waals surface area contributed by atoms with Crippen molar-refractivity contribution in [3.8, 4) is 0 Å². The Morgan fingerprint density at radius 1 is 1.19 bits per heavy atom. The highest BCUT2D eigenvalue weighted by Gasteiger charge is 2.22. The average molecular weight is 357 g/mol. The zero-order valence-corrected chi connectivity index (χ0v) is 16.6. The van der Waals surface area contributed by atoms with E-state index in [1.54, 1.807) is 0 Å². The van der Waals surface area contributed by atoms with Crippen LogP contribution in [0.1, 0.15) is 83.1 Å². The first-order valence-corrected chi connectivity index (χ1v) is 9.41. The minimum absolute atomic E-state index is 0.0275. The highest BCUT2D eigenvalue weighted by atomic mass is 16.5. The van der Waals surface area contributed by atoms with Gasteiger partial charge in [-0.2, -0.15) is 4.98 Å². The van der Waals surface area contributed by atoms with E-state index in [9.17, 15) is 4.79 Å². The molecule has 0 unspecified atom stereocenters. The highest BCUT2D eigenvalue weighted by Crippen LogP contribution is 2.29. The summed E-state index contributed by atoms with van der Waals surface area (Å²) in [6, 6.07) is 10.2. The molecule has 0 bridgehead atoms. The molecule has 2 aromatic rings. The van der Waals surface area contributed by atoms with Crippen molar-refractivity contribution < 1.29 is 9.32 Å². The summed E-state index contributed by atoms with van der Waals surface area (Å²) >= 11 is 0. The van der Waals surface area contributed by atoms with Gasteiger partial charge in [-0.05, 0) is 23.8 Å². The summed E-state index contributed by atoms with van der Waals surface area (Å²) < 4.78 is 5.23. The molecular weight excluding hydrogens is 326 g/mol. The van der Waals surface area contributed by atoms with Gasteiger partial charge in [0, 0.05) is 18.8 Å². The standard InChI is InChI=1S/C21H31N3O2/c1-15(2)20-23-19(26-24-20)13-9-12-18(25)22-17(14-21(3,4)5)16-10-7-6-8-11-16/h6-8,10-11,15,17H,9,12-14H2,1-5H3,(H,22,25)/t17-/m0/s1. The summed E-state index contributed by atoms with van der Waals surface area (Å²) in [6.07, 6.45) is 2.67. The van der Waals surface area contributed by atoms with Crippen molar-refractivity contribution in [1.82, 2.24) is 15.5 Å². The van der Waals surface area contributed by atoms with Crippen LogP contribution in [-0.2, 0) is 11.2 Å². The maximum absolute atomic E-state index is 12.4. The fraction of sp³-hybridized carbons (Fsp3) is 0.571. The van der Waals surface area contributed by atoms with E-state index < -0.39 is 0 Å². The van der Waals surface area contributed by atoms with Gasteiger partial charge in [-0.1, -0.05) is 70.1 Å². The van der Waals surface area contributed by atoms with E-state index in [1.165, 1.54) is 0 Å². The molecule has 5 heteroatoms. The lowest BCUT2D eigenvalue weighted by Gasteiger charge is -2.27. The Kier molecular flexibility index (Phi) is 6.95. The van der Waals surface area contributed by atoms with Crippen LogP contribution >= 0.6 is 0 Å². The van der Waals surface area contributed by atoms with Crippen molar-refractivity contribution in [2.24, 2.45) is 5.41 Å². The van der Waals surface area contributed by atoms with Crippen molar-refractivity contribution in [3.05, 3.63) is 47.6 Å². The van der Waals surface area contributed by atoms with Crippen LogP contribution in [-0.4, -0.2) is 16.0 Å². The topological polar surface area (TPSA) is 68.0 Å². The molecular formula is C21H31N3O2. The summed E-state index contributed by atoms with van der Waals surface area (Å²) in [6.45, 7) is 10.6. The molecule has 2 rings (SSSR count). The van der Waals surface area contributed by atoms with Crippen LogP contribution in [0.15, 0.2) is 34.9 Å². The Morgan fingerprint density at radius 3 is 2.46 bits per heavy atom. The fourth-order valence-corrected chi connectivity index (χ4v) is 2.82. The molecule has 0 radical (unpaired) electrons. The van der Waals surface area contributed by atoms with E-state index in [4.69, 9.17) is 4.52 Å². The number of aromatic nitrogens is 2. The number of amides is 1. The first kappa shape index (κ1) is 20.1. The van der Waals surface area contributed by atoms with Crippen LogP contribution in [0.4, 0.5) is 0 Å². The molecule has 1 atom stereocenters. The van der Waals surface area contributed by atoms with Crippen LogP contribution in [0.5, 0.6) is 0 Å². The highest BCUT2D eigenvalue weighted by molar-refractivity contribution is 5.76. The minimum Gasteiger partial charge on any atom is -0.349 e. The number of carbonyl (C=O) groups is 1. The Hall–Kier alpha value is -2.17. The second kappa shape index (κ2) is 8.97. The molecule has 1 heterocycles. The fourth-order valence-electron chi connectivity index (χ4n) is 2.82. The van der Waals surface area contributed by atoms with Gasteiger partial charge in [0.1, 0.15) is 0 Å².